The summed E-state index contributed by atoms with van der Waals surface area (Å²) < 4.78 is 1.80. The van der Waals surface area contributed by atoms with E-state index < -0.39 is 0 Å². The minimum absolute atomic E-state index is 0.765. The van der Waals surface area contributed by atoms with E-state index in [2.05, 4.69) is 28.5 Å². The maximum Gasteiger partial charge on any atom is 0.187 e. The van der Waals surface area contributed by atoms with Crippen molar-refractivity contribution in [2.24, 2.45) is 0 Å². The number of hydrogen-bond donors (Lipinski definition) is 0. The molecular formula is C15H14N4. The summed E-state index contributed by atoms with van der Waals surface area (Å²) >= 11 is 0. The average molecular weight is 250 g/mol. The third-order valence-corrected chi connectivity index (χ3v) is 3.10. The van der Waals surface area contributed by atoms with Gasteiger partial charge in [-0.3, -0.25) is 0 Å². The summed E-state index contributed by atoms with van der Waals surface area (Å²) in [6, 6.07) is 18.2. The van der Waals surface area contributed by atoms with Gasteiger partial charge in [-0.1, -0.05) is 55.5 Å². The van der Waals surface area contributed by atoms with E-state index in [0.29, 0.717) is 0 Å². The van der Waals surface area contributed by atoms with Gasteiger partial charge in [-0.05, 0) is 28.5 Å². The lowest BCUT2D eigenvalue weighted by Crippen LogP contribution is -2.03. The van der Waals surface area contributed by atoms with Crippen LogP contribution in [-0.4, -0.2) is 20.2 Å². The smallest absolute Gasteiger partial charge is 0.187 e. The van der Waals surface area contributed by atoms with E-state index in [0.717, 1.165) is 23.5 Å². The highest BCUT2D eigenvalue weighted by Gasteiger charge is 2.12. The Morgan fingerprint density at radius 3 is 2.47 bits per heavy atom. The number of tetrazole rings is 1. The van der Waals surface area contributed by atoms with Crippen LogP contribution >= 0.6 is 0 Å². The van der Waals surface area contributed by atoms with E-state index >= 15 is 0 Å². The third kappa shape index (κ3) is 2.12. The zero-order chi connectivity index (χ0) is 13.1. The molecule has 94 valence electrons. The summed E-state index contributed by atoms with van der Waals surface area (Å²) in [4.78, 5) is 0. The zero-order valence-electron chi connectivity index (χ0n) is 10.7. The van der Waals surface area contributed by atoms with Crippen molar-refractivity contribution in [3.8, 4) is 17.1 Å². The Hall–Kier alpha value is -2.49. The van der Waals surface area contributed by atoms with E-state index in [-0.39, 0.29) is 0 Å². The molecule has 4 heteroatoms. The van der Waals surface area contributed by atoms with Crippen LogP contribution in [0, 0.1) is 0 Å². The fourth-order valence-electron chi connectivity index (χ4n) is 2.13. The number of aryl methyl sites for hydroxylation is 1. The number of para-hydroxylation sites is 1. The molecule has 0 aliphatic carbocycles. The number of benzene rings is 2. The molecule has 0 saturated carbocycles. The molecule has 3 aromatic rings. The van der Waals surface area contributed by atoms with Gasteiger partial charge in [0, 0.05) is 5.56 Å². The molecule has 2 aromatic carbocycles. The van der Waals surface area contributed by atoms with Crippen molar-refractivity contribution in [3.05, 3.63) is 60.2 Å². The lowest BCUT2D eigenvalue weighted by atomic mass is 10.1. The maximum absolute atomic E-state index is 4.14. The van der Waals surface area contributed by atoms with Gasteiger partial charge in [0.15, 0.2) is 5.82 Å². The van der Waals surface area contributed by atoms with E-state index in [1.54, 1.807) is 4.68 Å². The standard InChI is InChI=1S/C15H14N4/c1-2-12-8-6-7-11-14(12)19-15(16-17-18-19)13-9-4-3-5-10-13/h3-11H,2H2,1H3. The van der Waals surface area contributed by atoms with Crippen molar-refractivity contribution in [2.75, 3.05) is 0 Å². The van der Waals surface area contributed by atoms with Crippen LogP contribution in [0.4, 0.5) is 0 Å². The molecule has 0 saturated heterocycles. The monoisotopic (exact) mass is 250 g/mol. The first-order valence-electron chi connectivity index (χ1n) is 6.32. The van der Waals surface area contributed by atoms with Crippen LogP contribution in [0.1, 0.15) is 12.5 Å². The van der Waals surface area contributed by atoms with Gasteiger partial charge in [-0.15, -0.1) is 5.10 Å². The molecular weight excluding hydrogens is 236 g/mol. The first-order chi connectivity index (χ1) is 9.40. The summed E-state index contributed by atoms with van der Waals surface area (Å²) in [5.41, 5.74) is 3.28. The minimum atomic E-state index is 0.765. The van der Waals surface area contributed by atoms with Crippen LogP contribution in [0.2, 0.25) is 0 Å². The molecule has 0 aliphatic rings. The Labute approximate surface area is 111 Å². The van der Waals surface area contributed by atoms with Gasteiger partial charge < -0.3 is 0 Å². The van der Waals surface area contributed by atoms with Gasteiger partial charge >= 0.3 is 0 Å². The molecule has 0 amide bonds. The predicted octanol–water partition coefficient (Wildman–Crippen LogP) is 2.89. The second-order valence-corrected chi connectivity index (χ2v) is 4.26. The minimum Gasteiger partial charge on any atom is -0.193 e. The molecule has 4 nitrogen and oxygen atoms in total. The summed E-state index contributed by atoms with van der Waals surface area (Å²) in [6.45, 7) is 2.13. The number of hydrogen-bond acceptors (Lipinski definition) is 3. The maximum atomic E-state index is 4.14. The quantitative estimate of drug-likeness (QED) is 0.718. The molecule has 0 unspecified atom stereocenters. The largest absolute Gasteiger partial charge is 0.193 e. The second kappa shape index (κ2) is 5.02. The van der Waals surface area contributed by atoms with Crippen LogP contribution in [0.15, 0.2) is 54.6 Å². The fraction of sp³-hybridized carbons (Fsp3) is 0.133. The van der Waals surface area contributed by atoms with Crippen LogP contribution in [0.25, 0.3) is 17.1 Å². The Morgan fingerprint density at radius 1 is 0.947 bits per heavy atom. The van der Waals surface area contributed by atoms with E-state index in [1.807, 2.05) is 48.5 Å². The van der Waals surface area contributed by atoms with Crippen molar-refractivity contribution in [3.63, 3.8) is 0 Å². The van der Waals surface area contributed by atoms with Crippen LogP contribution in [0.5, 0.6) is 0 Å². The highest BCUT2D eigenvalue weighted by Crippen LogP contribution is 2.21. The zero-order valence-corrected chi connectivity index (χ0v) is 10.7. The van der Waals surface area contributed by atoms with Crippen LogP contribution < -0.4 is 0 Å². The molecule has 0 fully saturated rings. The molecule has 0 atom stereocenters. The van der Waals surface area contributed by atoms with E-state index in [9.17, 15) is 0 Å². The van der Waals surface area contributed by atoms with Gasteiger partial charge in [0.05, 0.1) is 5.69 Å². The molecule has 0 N–H and O–H groups in total. The molecule has 1 aromatic heterocycles. The van der Waals surface area contributed by atoms with Gasteiger partial charge in [0.25, 0.3) is 0 Å². The molecule has 0 aliphatic heterocycles. The van der Waals surface area contributed by atoms with Crippen LogP contribution in [0.3, 0.4) is 0 Å². The lowest BCUT2D eigenvalue weighted by Gasteiger charge is -2.08. The number of rotatable bonds is 3. The Kier molecular flexibility index (Phi) is 3.06. The van der Waals surface area contributed by atoms with Crippen molar-refractivity contribution < 1.29 is 0 Å². The molecule has 0 radical (unpaired) electrons. The third-order valence-electron chi connectivity index (χ3n) is 3.10. The lowest BCUT2D eigenvalue weighted by molar-refractivity contribution is 0.783. The average Bonchev–Trinajstić information content (AvgIpc) is 2.97. The molecule has 1 heterocycles. The highest BCUT2D eigenvalue weighted by molar-refractivity contribution is 5.58. The summed E-state index contributed by atoms with van der Waals surface area (Å²) in [7, 11) is 0. The first-order valence-corrected chi connectivity index (χ1v) is 6.32. The number of aromatic nitrogens is 4. The van der Waals surface area contributed by atoms with Crippen LogP contribution in [-0.2, 0) is 6.42 Å². The normalized spacial score (nSPS) is 10.6. The molecule has 19 heavy (non-hydrogen) atoms. The molecule has 0 bridgehead atoms. The highest BCUT2D eigenvalue weighted by atomic mass is 15.5. The van der Waals surface area contributed by atoms with E-state index in [4.69, 9.17) is 0 Å². The fourth-order valence-corrected chi connectivity index (χ4v) is 2.13. The second-order valence-electron chi connectivity index (χ2n) is 4.26. The molecule has 3 rings (SSSR count). The van der Waals surface area contributed by atoms with Gasteiger partial charge in [0.1, 0.15) is 0 Å². The Morgan fingerprint density at radius 2 is 1.68 bits per heavy atom. The summed E-state index contributed by atoms with van der Waals surface area (Å²) in [5, 5.41) is 12.1. The van der Waals surface area contributed by atoms with Gasteiger partial charge in [0.2, 0.25) is 0 Å². The summed E-state index contributed by atoms with van der Waals surface area (Å²) in [6.07, 6.45) is 0.949. The van der Waals surface area contributed by atoms with Gasteiger partial charge in [-0.25, -0.2) is 0 Å². The molecule has 0 spiro atoms. The predicted molar refractivity (Wildman–Crippen MR) is 74.0 cm³/mol. The van der Waals surface area contributed by atoms with E-state index in [1.165, 1.54) is 5.56 Å². The first kappa shape index (κ1) is 11.6. The number of nitrogens with zero attached hydrogens (tertiary/aromatic N) is 4. The Bertz CT molecular complexity index is 673. The van der Waals surface area contributed by atoms with Crippen molar-refractivity contribution in [1.29, 1.82) is 0 Å². The van der Waals surface area contributed by atoms with Crippen molar-refractivity contribution >= 4 is 0 Å². The van der Waals surface area contributed by atoms with Gasteiger partial charge in [-0.2, -0.15) is 4.68 Å². The SMILES string of the molecule is CCc1ccccc1-n1nnnc1-c1ccccc1. The van der Waals surface area contributed by atoms with Crippen molar-refractivity contribution in [1.82, 2.24) is 20.2 Å². The Balaban J connectivity index is 2.15. The van der Waals surface area contributed by atoms with Crippen molar-refractivity contribution in [2.45, 2.75) is 13.3 Å². The topological polar surface area (TPSA) is 43.6 Å². The summed E-state index contributed by atoms with van der Waals surface area (Å²) in [5.74, 6) is 0.765.